The lowest BCUT2D eigenvalue weighted by Crippen LogP contribution is -3.00. The van der Waals surface area contributed by atoms with E-state index < -0.39 is 6.10 Å². The zero-order valence-corrected chi connectivity index (χ0v) is 25.7. The molecule has 1 aliphatic rings. The Bertz CT molecular complexity index is 817. The number of aliphatic hydroxyl groups excluding tert-OH is 2. The fraction of sp³-hybridized carbons (Fsp3) is 0.690. The van der Waals surface area contributed by atoms with Gasteiger partial charge in [0.25, 0.3) is 0 Å². The van der Waals surface area contributed by atoms with Crippen molar-refractivity contribution in [3.05, 3.63) is 39.9 Å². The summed E-state index contributed by atoms with van der Waals surface area (Å²) in [5.74, 6) is 1.56. The maximum absolute atomic E-state index is 10.8. The molecule has 0 saturated carbocycles. The molecule has 1 aromatic rings. The number of benzene rings is 1. The van der Waals surface area contributed by atoms with Gasteiger partial charge in [0.05, 0.1) is 28.2 Å². The number of halogens is 4. The van der Waals surface area contributed by atoms with Gasteiger partial charge in [-0.25, -0.2) is 4.99 Å². The first-order valence-corrected chi connectivity index (χ1v) is 15.1. The molecule has 38 heavy (non-hydrogen) atoms. The number of hydrogen-bond acceptors (Lipinski definition) is 4. The van der Waals surface area contributed by atoms with Crippen LogP contribution in [0.5, 0.6) is 5.75 Å². The Kier molecular flexibility index (Phi) is 19.0. The van der Waals surface area contributed by atoms with Crippen LogP contribution in [0.1, 0.15) is 83.5 Å². The van der Waals surface area contributed by atoms with Gasteiger partial charge in [0.2, 0.25) is 0 Å². The average Bonchev–Trinajstić information content (AvgIpc) is 3.25. The number of ether oxygens (including phenoxy) is 1. The summed E-state index contributed by atoms with van der Waals surface area (Å²) in [5, 5.41) is 21.5. The molecular weight excluding hydrogens is 566 g/mol. The molecule has 0 amide bonds. The second-order valence-corrected chi connectivity index (χ2v) is 11.4. The van der Waals surface area contributed by atoms with Crippen LogP contribution in [0.25, 0.3) is 0 Å². The topological polar surface area (TPSA) is 62.1 Å². The third kappa shape index (κ3) is 12.8. The molecule has 9 heteroatoms. The van der Waals surface area contributed by atoms with Crippen LogP contribution in [0.15, 0.2) is 29.8 Å². The lowest BCUT2D eigenvalue weighted by Gasteiger charge is -2.36. The van der Waals surface area contributed by atoms with Gasteiger partial charge in [-0.05, 0) is 19.3 Å². The van der Waals surface area contributed by atoms with Gasteiger partial charge in [-0.1, -0.05) is 98.7 Å². The van der Waals surface area contributed by atoms with Crippen LogP contribution in [0.4, 0.5) is 0 Å². The minimum Gasteiger partial charge on any atom is -1.00 e. The maximum Gasteiger partial charge on any atom is 0.198 e. The SMILES string of the molecule is C=CCCCCCCCCCCCCCC1=NCC[N+]1(CCO)CC(O)COc1cc(Cl)c(Cl)c(Cl)c1.[Cl-]. The van der Waals surface area contributed by atoms with E-state index in [1.54, 1.807) is 12.1 Å². The van der Waals surface area contributed by atoms with Crippen molar-refractivity contribution in [2.24, 2.45) is 4.99 Å². The highest BCUT2D eigenvalue weighted by Crippen LogP contribution is 2.34. The molecule has 0 bridgehead atoms. The van der Waals surface area contributed by atoms with Crippen LogP contribution in [0.2, 0.25) is 15.1 Å². The number of hydrogen-bond donors (Lipinski definition) is 2. The van der Waals surface area contributed by atoms with E-state index in [0.29, 0.717) is 33.4 Å². The Morgan fingerprint density at radius 2 is 1.50 bits per heavy atom. The summed E-state index contributed by atoms with van der Waals surface area (Å²) in [6.07, 6.45) is 17.6. The highest BCUT2D eigenvalue weighted by atomic mass is 35.5. The fourth-order valence-corrected chi connectivity index (χ4v) is 5.69. The first-order valence-electron chi connectivity index (χ1n) is 14.0. The number of rotatable bonds is 21. The number of nitrogens with zero attached hydrogens (tertiary/aromatic N) is 2. The van der Waals surface area contributed by atoms with Crippen molar-refractivity contribution in [2.75, 3.05) is 39.4 Å². The molecule has 2 unspecified atom stereocenters. The van der Waals surface area contributed by atoms with Crippen LogP contribution < -0.4 is 17.1 Å². The molecule has 1 aliphatic heterocycles. The largest absolute Gasteiger partial charge is 1.00 e. The predicted octanol–water partition coefficient (Wildman–Crippen LogP) is 4.87. The molecule has 5 nitrogen and oxygen atoms in total. The molecule has 1 heterocycles. The molecule has 0 aromatic heterocycles. The number of unbranched alkanes of at least 4 members (excludes halogenated alkanes) is 11. The molecular formula is C29H46Cl4N2O3. The lowest BCUT2D eigenvalue weighted by atomic mass is 10.0. The van der Waals surface area contributed by atoms with E-state index in [4.69, 9.17) is 44.5 Å². The van der Waals surface area contributed by atoms with E-state index in [1.165, 1.54) is 64.2 Å². The van der Waals surface area contributed by atoms with Gasteiger partial charge >= 0.3 is 0 Å². The van der Waals surface area contributed by atoms with E-state index in [9.17, 15) is 10.2 Å². The summed E-state index contributed by atoms with van der Waals surface area (Å²) in [5.41, 5.74) is 0. The van der Waals surface area contributed by atoms with Crippen LogP contribution in [0.3, 0.4) is 0 Å². The maximum atomic E-state index is 10.8. The molecule has 0 fully saturated rings. The monoisotopic (exact) mass is 610 g/mol. The van der Waals surface area contributed by atoms with E-state index in [-0.39, 0.29) is 30.6 Å². The van der Waals surface area contributed by atoms with Crippen molar-refractivity contribution in [2.45, 2.75) is 89.6 Å². The predicted molar refractivity (Wildman–Crippen MR) is 157 cm³/mol. The summed E-state index contributed by atoms with van der Waals surface area (Å²) < 4.78 is 6.28. The number of allylic oxidation sites excluding steroid dienone is 1. The van der Waals surface area contributed by atoms with Crippen LogP contribution in [-0.2, 0) is 0 Å². The van der Waals surface area contributed by atoms with E-state index in [0.717, 1.165) is 38.2 Å². The van der Waals surface area contributed by atoms with Gasteiger partial charge in [-0.2, -0.15) is 0 Å². The molecule has 0 aliphatic carbocycles. The molecule has 218 valence electrons. The second-order valence-electron chi connectivity index (χ2n) is 10.2. The van der Waals surface area contributed by atoms with Gasteiger partial charge in [-0.15, -0.1) is 6.58 Å². The van der Waals surface area contributed by atoms with Gasteiger partial charge in [0.1, 0.15) is 38.1 Å². The highest BCUT2D eigenvalue weighted by Gasteiger charge is 2.39. The van der Waals surface area contributed by atoms with Crippen LogP contribution in [0, 0.1) is 0 Å². The quantitative estimate of drug-likeness (QED) is 0.0902. The minimum atomic E-state index is -0.718. The third-order valence-electron chi connectivity index (χ3n) is 7.17. The fourth-order valence-electron chi connectivity index (χ4n) is 5.11. The second kappa shape index (κ2) is 20.4. The Hall–Kier alpha value is -0.530. The van der Waals surface area contributed by atoms with Crippen LogP contribution in [-0.4, -0.2) is 66.0 Å². The van der Waals surface area contributed by atoms with Crippen molar-refractivity contribution in [3.63, 3.8) is 0 Å². The zero-order valence-electron chi connectivity index (χ0n) is 22.7. The van der Waals surface area contributed by atoms with Crippen molar-refractivity contribution in [3.8, 4) is 5.75 Å². The number of aliphatic hydroxyl groups is 2. The van der Waals surface area contributed by atoms with Gasteiger partial charge in [0, 0.05) is 18.6 Å². The van der Waals surface area contributed by atoms with Crippen molar-refractivity contribution >= 4 is 40.6 Å². The summed E-state index contributed by atoms with van der Waals surface area (Å²) >= 11 is 18.1. The standard InChI is InChI=1S/C29H46Cl3N2O3.ClH/c1-2-3-4-5-6-7-8-9-10-11-12-13-14-15-28-33-16-17-34(28,18-19-35)22-24(36)23-37-25-20-26(30)29(32)27(31)21-25;/h2,20-21,24,35-36H,1,3-19,22-23H2;1H/q+1;/p-1. The Balaban J connectivity index is 0.00000722. The minimum absolute atomic E-state index is 0. The van der Waals surface area contributed by atoms with Crippen LogP contribution >= 0.6 is 34.8 Å². The first kappa shape index (κ1) is 35.5. The number of amidine groups is 1. The molecule has 2 atom stereocenters. The molecule has 1 aromatic carbocycles. The summed E-state index contributed by atoms with van der Waals surface area (Å²) in [6, 6.07) is 3.18. The Morgan fingerprint density at radius 1 is 0.947 bits per heavy atom. The van der Waals surface area contributed by atoms with Crippen molar-refractivity contribution in [1.29, 1.82) is 0 Å². The van der Waals surface area contributed by atoms with Gasteiger partial charge in [0.15, 0.2) is 5.84 Å². The summed E-state index contributed by atoms with van der Waals surface area (Å²) in [6.45, 7) is 6.49. The van der Waals surface area contributed by atoms with Gasteiger partial charge < -0.3 is 27.4 Å². The van der Waals surface area contributed by atoms with Gasteiger partial charge in [-0.3, -0.25) is 4.48 Å². The zero-order chi connectivity index (χ0) is 26.9. The van der Waals surface area contributed by atoms with E-state index >= 15 is 0 Å². The molecule has 0 spiro atoms. The van der Waals surface area contributed by atoms with E-state index in [1.807, 2.05) is 6.08 Å². The molecule has 2 rings (SSSR count). The number of aliphatic imine (C=N–C) groups is 1. The van der Waals surface area contributed by atoms with E-state index in [2.05, 4.69) is 6.58 Å². The van der Waals surface area contributed by atoms with Crippen molar-refractivity contribution in [1.82, 2.24) is 0 Å². The Morgan fingerprint density at radius 3 is 2.05 bits per heavy atom. The number of quaternary nitrogens is 1. The molecule has 0 radical (unpaired) electrons. The Labute approximate surface area is 251 Å². The van der Waals surface area contributed by atoms with Crippen molar-refractivity contribution < 1.29 is 31.8 Å². The molecule has 0 saturated heterocycles. The normalized spacial score (nSPS) is 17.7. The highest BCUT2D eigenvalue weighted by molar-refractivity contribution is 6.48. The summed E-state index contributed by atoms with van der Waals surface area (Å²) in [4.78, 5) is 4.78. The smallest absolute Gasteiger partial charge is 0.198 e. The lowest BCUT2D eigenvalue weighted by molar-refractivity contribution is -0.840. The first-order chi connectivity index (χ1) is 17.9. The third-order valence-corrected chi connectivity index (χ3v) is 8.36. The molecule has 2 N–H and O–H groups in total. The summed E-state index contributed by atoms with van der Waals surface area (Å²) in [7, 11) is 0. The average molecular weight is 613 g/mol.